The Hall–Kier alpha value is -6.64. The number of hydrogen-bond acceptors (Lipinski definition) is 2. The highest BCUT2D eigenvalue weighted by atomic mass is 16.4. The Morgan fingerprint density at radius 3 is 2.12 bits per heavy atom. The summed E-state index contributed by atoms with van der Waals surface area (Å²) in [4.78, 5) is 0. The van der Waals surface area contributed by atoms with Crippen molar-refractivity contribution in [1.82, 2.24) is 0 Å². The molecular weight excluding hydrogens is 621 g/mol. The zero-order valence-electron chi connectivity index (χ0n) is 28.6. The molecule has 0 atom stereocenters. The summed E-state index contributed by atoms with van der Waals surface area (Å²) in [7, 11) is 0. The first kappa shape index (κ1) is 32.9. The molecule has 0 N–H and O–H groups in total. The van der Waals surface area contributed by atoms with Crippen LogP contribution in [0.3, 0.4) is 0 Å². The van der Waals surface area contributed by atoms with E-state index in [2.05, 4.69) is 140 Å². The molecule has 2 heterocycles. The molecule has 0 saturated carbocycles. The third kappa shape index (κ3) is 7.36. The molecule has 0 radical (unpaired) electrons. The van der Waals surface area contributed by atoms with Gasteiger partial charge in [-0.2, -0.15) is 0 Å². The molecule has 0 bridgehead atoms. The molecule has 0 aliphatic heterocycles. The number of furan rings is 2. The van der Waals surface area contributed by atoms with Crippen LogP contribution in [0.1, 0.15) is 18.2 Å². The van der Waals surface area contributed by atoms with E-state index in [-0.39, 0.29) is 0 Å². The van der Waals surface area contributed by atoms with Crippen molar-refractivity contribution >= 4 is 45.1 Å². The summed E-state index contributed by atoms with van der Waals surface area (Å²) in [5, 5.41) is 3.12. The van der Waals surface area contributed by atoms with E-state index in [1.807, 2.05) is 73.8 Å². The van der Waals surface area contributed by atoms with Crippen LogP contribution in [0.25, 0.3) is 56.2 Å². The van der Waals surface area contributed by atoms with E-state index in [0.717, 1.165) is 72.1 Å². The van der Waals surface area contributed by atoms with Gasteiger partial charge in [-0.3, -0.25) is 0 Å². The van der Waals surface area contributed by atoms with Crippen LogP contribution in [-0.2, 0) is 0 Å². The van der Waals surface area contributed by atoms with Gasteiger partial charge in [0, 0.05) is 21.7 Å². The van der Waals surface area contributed by atoms with Crippen molar-refractivity contribution in [1.29, 1.82) is 0 Å². The third-order valence-corrected chi connectivity index (χ3v) is 8.70. The second kappa shape index (κ2) is 15.7. The van der Waals surface area contributed by atoms with Gasteiger partial charge in [-0.15, -0.1) is 0 Å². The third-order valence-electron chi connectivity index (χ3n) is 8.70. The van der Waals surface area contributed by atoms with Gasteiger partial charge in [0.15, 0.2) is 11.2 Å². The monoisotopic (exact) mass is 658 g/mol. The molecule has 0 spiro atoms. The topological polar surface area (TPSA) is 26.3 Å². The number of allylic oxidation sites excluding steroid dienone is 25. The van der Waals surface area contributed by atoms with Gasteiger partial charge in [-0.1, -0.05) is 171 Å². The van der Waals surface area contributed by atoms with Gasteiger partial charge in [0.1, 0.15) is 11.3 Å². The van der Waals surface area contributed by atoms with E-state index in [4.69, 9.17) is 8.83 Å². The predicted octanol–water partition coefficient (Wildman–Crippen LogP) is 13.9. The summed E-state index contributed by atoms with van der Waals surface area (Å²) in [5.74, 6) is 0.772. The number of rotatable bonds is 5. The van der Waals surface area contributed by atoms with E-state index in [9.17, 15) is 0 Å². The first-order chi connectivity index (χ1) is 25.2. The Bertz CT molecular complexity index is 2510. The van der Waals surface area contributed by atoms with Crippen molar-refractivity contribution in [2.75, 3.05) is 0 Å². The molecule has 2 aromatic heterocycles. The molecule has 0 unspecified atom stereocenters. The van der Waals surface area contributed by atoms with Gasteiger partial charge in [0.2, 0.25) is 0 Å². The lowest BCUT2D eigenvalue weighted by molar-refractivity contribution is 0.590. The lowest BCUT2D eigenvalue weighted by Crippen LogP contribution is -1.90. The zero-order chi connectivity index (χ0) is 34.8. The summed E-state index contributed by atoms with van der Waals surface area (Å²) in [5.41, 5.74) is 9.94. The van der Waals surface area contributed by atoms with Crippen molar-refractivity contribution in [3.8, 4) is 11.1 Å². The second-order valence-corrected chi connectivity index (χ2v) is 12.1. The predicted molar refractivity (Wildman–Crippen MR) is 219 cm³/mol. The van der Waals surface area contributed by atoms with Gasteiger partial charge in [-0.25, -0.2) is 0 Å². The van der Waals surface area contributed by atoms with Crippen LogP contribution < -0.4 is 0 Å². The Morgan fingerprint density at radius 1 is 0.588 bits per heavy atom. The lowest BCUT2D eigenvalue weighted by atomic mass is 9.96. The fourth-order valence-corrected chi connectivity index (χ4v) is 6.27. The maximum Gasteiger partial charge on any atom is 0.178 e. The van der Waals surface area contributed by atoms with Gasteiger partial charge < -0.3 is 8.83 Å². The minimum absolute atomic E-state index is 0.746. The van der Waals surface area contributed by atoms with Crippen LogP contribution in [0.15, 0.2) is 226 Å². The van der Waals surface area contributed by atoms with E-state index >= 15 is 0 Å². The summed E-state index contributed by atoms with van der Waals surface area (Å²) in [6, 6.07) is 21.1. The largest absolute Gasteiger partial charge is 0.452 e. The Balaban J connectivity index is 1.28. The van der Waals surface area contributed by atoms with Gasteiger partial charge >= 0.3 is 0 Å². The molecule has 2 aliphatic carbocycles. The molecule has 51 heavy (non-hydrogen) atoms. The van der Waals surface area contributed by atoms with Crippen LogP contribution in [-0.4, -0.2) is 0 Å². The van der Waals surface area contributed by atoms with Crippen LogP contribution >= 0.6 is 0 Å². The number of fused-ring (bicyclic) bond motifs is 7. The molecule has 5 aromatic rings. The highest BCUT2D eigenvalue weighted by molar-refractivity contribution is 6.15. The Labute approximate surface area is 299 Å². The minimum Gasteiger partial charge on any atom is -0.452 e. The number of hydrogen-bond donors (Lipinski definition) is 0. The summed E-state index contributed by atoms with van der Waals surface area (Å²) >= 11 is 0. The van der Waals surface area contributed by atoms with Crippen molar-refractivity contribution in [2.24, 2.45) is 0 Å². The fourth-order valence-electron chi connectivity index (χ4n) is 6.27. The second-order valence-electron chi connectivity index (χ2n) is 12.1. The average Bonchev–Trinajstić information content (AvgIpc) is 3.70. The van der Waals surface area contributed by atoms with Crippen LogP contribution in [0.2, 0.25) is 0 Å². The van der Waals surface area contributed by atoms with Crippen molar-refractivity contribution in [3.05, 3.63) is 228 Å². The molecule has 2 aliphatic rings. The minimum atomic E-state index is 0.746. The quantitative estimate of drug-likeness (QED) is 0.176. The molecule has 0 amide bonds. The average molecular weight is 659 g/mol. The Kier molecular flexibility index (Phi) is 10.1. The van der Waals surface area contributed by atoms with Crippen LogP contribution in [0, 0.1) is 0 Å². The lowest BCUT2D eigenvalue weighted by Gasteiger charge is -2.09. The normalized spacial score (nSPS) is 23.5. The van der Waals surface area contributed by atoms with Crippen molar-refractivity contribution < 1.29 is 8.83 Å². The maximum absolute atomic E-state index is 6.59. The molecule has 2 nitrogen and oxygen atoms in total. The highest BCUT2D eigenvalue weighted by Crippen LogP contribution is 2.39. The fraction of sp³-hybridized carbons (Fsp3) is 0.0204. The highest BCUT2D eigenvalue weighted by Gasteiger charge is 2.18. The van der Waals surface area contributed by atoms with E-state index < -0.39 is 0 Å². The van der Waals surface area contributed by atoms with Gasteiger partial charge in [-0.05, 0) is 76.8 Å². The van der Waals surface area contributed by atoms with Crippen LogP contribution in [0.4, 0.5) is 0 Å². The van der Waals surface area contributed by atoms with Gasteiger partial charge in [0.25, 0.3) is 0 Å². The zero-order valence-corrected chi connectivity index (χ0v) is 28.6. The summed E-state index contributed by atoms with van der Waals surface area (Å²) in [6.45, 7) is 5.97. The SMILES string of the molecule is C=C/C=C(\C=C/C)C1=C/C=C\C=C/C=C/C=C/C(C2=C/C=C/C=C/c3c(oc4c3ccc3c5cc(-c6ccccc6)ccc5oc34)\C=C/C=C\2)=C\1. The number of benzene rings is 3. The van der Waals surface area contributed by atoms with Crippen molar-refractivity contribution in [3.63, 3.8) is 0 Å². The standard InChI is InChI=1S/C49H38O2/c1-3-20-36(21-4-2)39-26-12-8-6-5-7-9-13-27-40(34-39)37-22-16-11-17-28-42-43-31-32-44-45-35-41(38-23-14-10-15-24-38)30-33-47(45)51-49(44)48(43)50-46(42)29-19-18-25-37/h3-35H,1H2,2H3/b6-5-,7-5?,8-6?,9-7+,12-8-,13-9?,16-11+,17-11?,19-18?,21-4-,22-16?,25-18-,26-12?,27-13+,28-17+,29-19-,36-20+,37-22+,37-25?,39-26+,39-34?,40-27?,40-34+,42-28?,46-29?. The molecule has 0 fully saturated rings. The molecule has 246 valence electrons. The molecular formula is C49H38O2. The molecule has 2 heteroatoms. The van der Waals surface area contributed by atoms with E-state index in [1.165, 1.54) is 5.56 Å². The van der Waals surface area contributed by atoms with Gasteiger partial charge in [0.05, 0.1) is 0 Å². The first-order valence-corrected chi connectivity index (χ1v) is 17.2. The summed E-state index contributed by atoms with van der Waals surface area (Å²) in [6.07, 6.45) is 47.4. The van der Waals surface area contributed by atoms with Crippen LogP contribution in [0.5, 0.6) is 0 Å². The van der Waals surface area contributed by atoms with E-state index in [1.54, 1.807) is 0 Å². The molecule has 0 saturated heterocycles. The first-order valence-electron chi connectivity index (χ1n) is 17.2. The molecule has 7 rings (SSSR count). The smallest absolute Gasteiger partial charge is 0.178 e. The molecule has 3 aromatic carbocycles. The summed E-state index contributed by atoms with van der Waals surface area (Å²) < 4.78 is 13.0. The maximum atomic E-state index is 6.59. The van der Waals surface area contributed by atoms with Crippen molar-refractivity contribution in [2.45, 2.75) is 6.92 Å². The Morgan fingerprint density at radius 2 is 1.27 bits per heavy atom. The van der Waals surface area contributed by atoms with E-state index in [0.29, 0.717) is 0 Å².